The molecular weight excluding hydrogens is 315 g/mol. The van der Waals surface area contributed by atoms with Gasteiger partial charge in [0.2, 0.25) is 0 Å². The van der Waals surface area contributed by atoms with E-state index < -0.39 is 18.1 Å². The maximum absolute atomic E-state index is 12.3. The van der Waals surface area contributed by atoms with Crippen LogP contribution in [0.5, 0.6) is 5.75 Å². The van der Waals surface area contributed by atoms with Gasteiger partial charge < -0.3 is 9.47 Å². The molecule has 23 heavy (non-hydrogen) atoms. The number of allylic oxidation sites excluding steroid dienone is 1. The van der Waals surface area contributed by atoms with Gasteiger partial charge >= 0.3 is 12.3 Å². The minimum atomic E-state index is -4.90. The van der Waals surface area contributed by atoms with E-state index in [-0.39, 0.29) is 23.2 Å². The summed E-state index contributed by atoms with van der Waals surface area (Å²) in [5, 5.41) is 3.32. The number of esters is 1. The highest BCUT2D eigenvalue weighted by Gasteiger charge is 2.31. The topological polar surface area (TPSA) is 84.3 Å². The van der Waals surface area contributed by atoms with Crippen molar-refractivity contribution in [3.63, 3.8) is 0 Å². The van der Waals surface area contributed by atoms with Crippen molar-refractivity contribution in [1.29, 1.82) is 0 Å². The molecule has 0 spiro atoms. The largest absolute Gasteiger partial charge is 0.573 e. The van der Waals surface area contributed by atoms with Crippen molar-refractivity contribution in [2.45, 2.75) is 12.9 Å². The van der Waals surface area contributed by atoms with Crippen molar-refractivity contribution in [1.82, 2.24) is 0 Å². The molecule has 1 rings (SSSR count). The molecule has 0 aromatic heterocycles. The average molecular weight is 325 g/mol. The third kappa shape index (κ3) is 5.30. The number of methoxy groups -OCH3 is 1. The normalized spacial score (nSPS) is 11.2. The summed E-state index contributed by atoms with van der Waals surface area (Å²) < 4.78 is 45.3. The van der Waals surface area contributed by atoms with Gasteiger partial charge in [0.15, 0.2) is 0 Å². The second kappa shape index (κ2) is 7.77. The minimum absolute atomic E-state index is 0.0175. The van der Waals surface area contributed by atoms with Crippen molar-refractivity contribution in [3.05, 3.63) is 45.8 Å². The molecule has 6 nitrogen and oxygen atoms in total. The summed E-state index contributed by atoms with van der Waals surface area (Å²) in [7, 11) is 1.09. The zero-order valence-corrected chi connectivity index (χ0v) is 11.8. The number of azide groups is 1. The van der Waals surface area contributed by atoms with Crippen LogP contribution in [0.4, 0.5) is 13.2 Å². The van der Waals surface area contributed by atoms with Gasteiger partial charge in [0.1, 0.15) is 5.75 Å². The first-order valence-electron chi connectivity index (χ1n) is 5.97. The van der Waals surface area contributed by atoms with E-state index in [9.17, 15) is 18.0 Å². The first kappa shape index (κ1) is 17.9. The first-order valence-corrected chi connectivity index (χ1v) is 5.97. The number of carbonyl (C=O) groups is 1. The van der Waals surface area contributed by atoms with E-state index in [0.29, 0.717) is 0 Å². The smallest absolute Gasteiger partial charge is 0.465 e. The molecule has 0 heterocycles. The molecule has 0 aliphatic heterocycles. The van der Waals surface area contributed by atoms with Crippen LogP contribution in [0.2, 0.25) is 0 Å². The molecule has 1 aromatic rings. The summed E-state index contributed by atoms with van der Waals surface area (Å²) in [5.74, 6) is 0.699. The highest BCUT2D eigenvalue weighted by atomic mass is 19.4. The first-order chi connectivity index (χ1) is 10.8. The molecule has 120 valence electrons. The number of alkyl halides is 3. The van der Waals surface area contributed by atoms with Crippen LogP contribution in [0, 0.1) is 12.3 Å². The van der Waals surface area contributed by atoms with E-state index in [4.69, 9.17) is 12.0 Å². The number of rotatable bonds is 5. The van der Waals surface area contributed by atoms with Gasteiger partial charge in [-0.15, -0.1) is 19.6 Å². The molecule has 0 N–H and O–H groups in total. The Morgan fingerprint density at radius 2 is 2.22 bits per heavy atom. The highest BCUT2D eigenvalue weighted by molar-refractivity contribution is 6.17. The number of hydrogen-bond acceptors (Lipinski definition) is 4. The van der Waals surface area contributed by atoms with Crippen molar-refractivity contribution in [2.75, 3.05) is 7.11 Å². The van der Waals surface area contributed by atoms with E-state index in [2.05, 4.69) is 25.4 Å². The van der Waals surface area contributed by atoms with E-state index in [1.807, 2.05) is 0 Å². The lowest BCUT2D eigenvalue weighted by Crippen LogP contribution is -2.17. The van der Waals surface area contributed by atoms with Crippen LogP contribution in [-0.4, -0.2) is 19.4 Å². The van der Waals surface area contributed by atoms with Crippen LogP contribution >= 0.6 is 0 Å². The van der Waals surface area contributed by atoms with E-state index in [1.165, 1.54) is 6.07 Å². The Morgan fingerprint density at radius 1 is 1.52 bits per heavy atom. The molecule has 0 amide bonds. The van der Waals surface area contributed by atoms with Crippen LogP contribution in [0.1, 0.15) is 11.1 Å². The Bertz CT molecular complexity index is 714. The standard InChI is InChI=1S/C14H10F3N3O3/c1-3-4-11(13(21)22-2)12-7-10(23-14(15,16)17)6-5-9(12)8-19-20-18/h1,4-7H,8H2,2H3/b11-4-. The Balaban J connectivity index is 3.45. The second-order valence-electron chi connectivity index (χ2n) is 3.97. The monoisotopic (exact) mass is 325 g/mol. The average Bonchev–Trinajstić information content (AvgIpc) is 2.49. The molecule has 0 fully saturated rings. The molecule has 0 saturated carbocycles. The van der Waals surface area contributed by atoms with Crippen molar-refractivity contribution in [3.8, 4) is 18.1 Å². The van der Waals surface area contributed by atoms with E-state index in [1.54, 1.807) is 0 Å². The Kier molecular flexibility index (Phi) is 6.06. The molecule has 0 atom stereocenters. The molecule has 0 radical (unpaired) electrons. The maximum atomic E-state index is 12.3. The number of terminal acetylenes is 1. The van der Waals surface area contributed by atoms with Gasteiger partial charge in [0.05, 0.1) is 19.2 Å². The van der Waals surface area contributed by atoms with Crippen LogP contribution < -0.4 is 4.74 Å². The predicted octanol–water partition coefficient (Wildman–Crippen LogP) is 3.59. The maximum Gasteiger partial charge on any atom is 0.573 e. The third-order valence-corrected chi connectivity index (χ3v) is 2.54. The zero-order chi connectivity index (χ0) is 17.5. The Labute approximate surface area is 129 Å². The van der Waals surface area contributed by atoms with Gasteiger partial charge in [-0.05, 0) is 28.8 Å². The van der Waals surface area contributed by atoms with Crippen molar-refractivity contribution in [2.24, 2.45) is 5.11 Å². The third-order valence-electron chi connectivity index (χ3n) is 2.54. The fourth-order valence-electron chi connectivity index (χ4n) is 1.69. The lowest BCUT2D eigenvalue weighted by atomic mass is 9.99. The summed E-state index contributed by atoms with van der Waals surface area (Å²) in [5.41, 5.74) is 8.51. The van der Waals surface area contributed by atoms with E-state index in [0.717, 1.165) is 25.3 Å². The van der Waals surface area contributed by atoms with Crippen LogP contribution in [-0.2, 0) is 16.1 Å². The number of halogens is 3. The van der Waals surface area contributed by atoms with Crippen LogP contribution in [0.15, 0.2) is 29.4 Å². The van der Waals surface area contributed by atoms with Crippen molar-refractivity contribution >= 4 is 11.5 Å². The predicted molar refractivity (Wildman–Crippen MR) is 74.8 cm³/mol. The zero-order valence-electron chi connectivity index (χ0n) is 11.8. The minimum Gasteiger partial charge on any atom is -0.465 e. The summed E-state index contributed by atoms with van der Waals surface area (Å²) in [6, 6.07) is 3.23. The van der Waals surface area contributed by atoms with Gasteiger partial charge in [-0.2, -0.15) is 0 Å². The SMILES string of the molecule is C#C/C=C(\C(=O)OC)c1cc(OC(F)(F)F)ccc1CN=[N+]=[N-]. The van der Waals surface area contributed by atoms with Gasteiger partial charge in [-0.25, -0.2) is 4.79 Å². The second-order valence-corrected chi connectivity index (χ2v) is 3.97. The van der Waals surface area contributed by atoms with Crippen LogP contribution in [0.25, 0.3) is 16.0 Å². The Hall–Kier alpha value is -3.11. The van der Waals surface area contributed by atoms with Crippen molar-refractivity contribution < 1.29 is 27.4 Å². The summed E-state index contributed by atoms with van der Waals surface area (Å²) in [6.45, 7) is -0.197. The molecular formula is C14H10F3N3O3. The molecule has 0 unspecified atom stereocenters. The molecule has 1 aromatic carbocycles. The number of ether oxygens (including phenoxy) is 2. The number of nitrogens with zero attached hydrogens (tertiary/aromatic N) is 3. The van der Waals surface area contributed by atoms with Gasteiger partial charge in [-0.1, -0.05) is 17.1 Å². The summed E-state index contributed by atoms with van der Waals surface area (Å²) in [4.78, 5) is 14.3. The Morgan fingerprint density at radius 3 is 2.74 bits per heavy atom. The fraction of sp³-hybridized carbons (Fsp3) is 0.214. The van der Waals surface area contributed by atoms with Crippen LogP contribution in [0.3, 0.4) is 0 Å². The van der Waals surface area contributed by atoms with Gasteiger partial charge in [0.25, 0.3) is 0 Å². The molecule has 0 saturated heterocycles. The molecule has 9 heteroatoms. The summed E-state index contributed by atoms with van der Waals surface area (Å²) >= 11 is 0. The van der Waals surface area contributed by atoms with Gasteiger partial charge in [0, 0.05) is 11.0 Å². The molecule has 0 bridgehead atoms. The fourth-order valence-corrected chi connectivity index (χ4v) is 1.69. The quantitative estimate of drug-likeness (QED) is 0.207. The van der Waals surface area contributed by atoms with Gasteiger partial charge in [-0.3, -0.25) is 0 Å². The lowest BCUT2D eigenvalue weighted by molar-refractivity contribution is -0.274. The van der Waals surface area contributed by atoms with E-state index >= 15 is 0 Å². The lowest BCUT2D eigenvalue weighted by Gasteiger charge is -2.14. The highest BCUT2D eigenvalue weighted by Crippen LogP contribution is 2.29. The number of hydrogen-bond donors (Lipinski definition) is 0. The molecule has 0 aliphatic rings. The summed E-state index contributed by atoms with van der Waals surface area (Å²) in [6.07, 6.45) is 1.26. The number of carbonyl (C=O) groups excluding carboxylic acids is 1. The number of benzene rings is 1. The molecule has 0 aliphatic carbocycles.